The molecule has 1 amide bonds. The number of carbonyl (C=O) groups excluding carboxylic acids is 2. The molecule has 2 atom stereocenters. The Kier molecular flexibility index (Phi) is 8.00. The third kappa shape index (κ3) is 7.48. The third-order valence-electron chi connectivity index (χ3n) is 1.84. The van der Waals surface area contributed by atoms with Gasteiger partial charge in [-0.15, -0.1) is 6.58 Å². The van der Waals surface area contributed by atoms with Crippen LogP contribution < -0.4 is 5.32 Å². The molecule has 0 aromatic rings. The smallest absolute Gasteiger partial charge is 0.331 e. The van der Waals surface area contributed by atoms with E-state index in [9.17, 15) is 9.59 Å². The van der Waals surface area contributed by atoms with Crippen molar-refractivity contribution in [2.24, 2.45) is 0 Å². The number of hydrogen-bond acceptors (Lipinski definition) is 5. The van der Waals surface area contributed by atoms with Crippen molar-refractivity contribution < 1.29 is 24.5 Å². The zero-order valence-electron chi connectivity index (χ0n) is 9.89. The zero-order chi connectivity index (χ0) is 13.3. The molecule has 0 rings (SSSR count). The van der Waals surface area contributed by atoms with Gasteiger partial charge in [0.2, 0.25) is 5.91 Å². The highest BCUT2D eigenvalue weighted by Gasteiger charge is 2.21. The highest BCUT2D eigenvalue weighted by molar-refractivity contribution is 5.84. The maximum absolute atomic E-state index is 11.4. The van der Waals surface area contributed by atoms with E-state index >= 15 is 0 Å². The summed E-state index contributed by atoms with van der Waals surface area (Å²) in [5, 5.41) is 20.2. The molecular weight excluding hydrogens is 226 g/mol. The number of amides is 1. The number of esters is 1. The van der Waals surface area contributed by atoms with Gasteiger partial charge in [-0.2, -0.15) is 0 Å². The Morgan fingerprint density at radius 2 is 2.18 bits per heavy atom. The highest BCUT2D eigenvalue weighted by Crippen LogP contribution is 1.95. The standard InChI is InChI=1S/C11H19NO5/c1-3-4-5-10(15)12-9(6-13)11(16)17-7-8(2)14/h3,8-9,13-14H,1,4-7H2,2H3,(H,12,15)/t8-,9+/m1/s1. The molecule has 0 aromatic heterocycles. The Morgan fingerprint density at radius 3 is 2.65 bits per heavy atom. The first-order chi connectivity index (χ1) is 8.01. The minimum Gasteiger partial charge on any atom is -0.461 e. The van der Waals surface area contributed by atoms with Crippen LogP contribution in [-0.2, 0) is 14.3 Å². The van der Waals surface area contributed by atoms with Gasteiger partial charge < -0.3 is 20.3 Å². The largest absolute Gasteiger partial charge is 0.461 e. The van der Waals surface area contributed by atoms with Crippen LogP contribution in [0.25, 0.3) is 0 Å². The van der Waals surface area contributed by atoms with Crippen LogP contribution >= 0.6 is 0 Å². The summed E-state index contributed by atoms with van der Waals surface area (Å²) in [4.78, 5) is 22.6. The second-order valence-corrected chi connectivity index (χ2v) is 3.61. The Balaban J connectivity index is 4.08. The van der Waals surface area contributed by atoms with Crippen LogP contribution in [0.1, 0.15) is 19.8 Å². The van der Waals surface area contributed by atoms with E-state index in [0.717, 1.165) is 0 Å². The number of aliphatic hydroxyl groups excluding tert-OH is 2. The van der Waals surface area contributed by atoms with Gasteiger partial charge in [0, 0.05) is 6.42 Å². The van der Waals surface area contributed by atoms with Crippen molar-refractivity contribution in [3.8, 4) is 0 Å². The molecule has 0 saturated heterocycles. The van der Waals surface area contributed by atoms with Crippen molar-refractivity contribution in [3.05, 3.63) is 12.7 Å². The molecule has 0 radical (unpaired) electrons. The number of nitrogens with one attached hydrogen (secondary N) is 1. The Hall–Kier alpha value is -1.40. The normalized spacial score (nSPS) is 13.6. The summed E-state index contributed by atoms with van der Waals surface area (Å²) in [5.74, 6) is -1.13. The quantitative estimate of drug-likeness (QED) is 0.390. The van der Waals surface area contributed by atoms with Gasteiger partial charge in [-0.1, -0.05) is 6.08 Å². The molecule has 0 spiro atoms. The molecule has 6 nitrogen and oxygen atoms in total. The van der Waals surface area contributed by atoms with Crippen molar-refractivity contribution in [2.75, 3.05) is 13.2 Å². The molecule has 0 bridgehead atoms. The fourth-order valence-electron chi connectivity index (χ4n) is 0.982. The Morgan fingerprint density at radius 1 is 1.53 bits per heavy atom. The first kappa shape index (κ1) is 15.6. The van der Waals surface area contributed by atoms with Crippen molar-refractivity contribution in [1.82, 2.24) is 5.32 Å². The minimum atomic E-state index is -1.09. The summed E-state index contributed by atoms with van der Waals surface area (Å²) in [7, 11) is 0. The maximum atomic E-state index is 11.4. The fraction of sp³-hybridized carbons (Fsp3) is 0.636. The van der Waals surface area contributed by atoms with Crippen molar-refractivity contribution in [1.29, 1.82) is 0 Å². The van der Waals surface area contributed by atoms with E-state index in [4.69, 9.17) is 10.2 Å². The Bertz CT molecular complexity index is 265. The zero-order valence-corrected chi connectivity index (χ0v) is 9.89. The molecule has 98 valence electrons. The number of ether oxygens (including phenoxy) is 1. The van der Waals surface area contributed by atoms with Crippen LogP contribution in [0.4, 0.5) is 0 Å². The van der Waals surface area contributed by atoms with Gasteiger partial charge in [-0.25, -0.2) is 4.79 Å². The number of allylic oxidation sites excluding steroid dienone is 1. The van der Waals surface area contributed by atoms with E-state index in [1.807, 2.05) is 0 Å². The van der Waals surface area contributed by atoms with Gasteiger partial charge in [0.15, 0.2) is 6.04 Å². The van der Waals surface area contributed by atoms with Crippen molar-refractivity contribution in [3.63, 3.8) is 0 Å². The lowest BCUT2D eigenvalue weighted by molar-refractivity contribution is -0.151. The van der Waals surface area contributed by atoms with Gasteiger partial charge in [-0.05, 0) is 13.3 Å². The second-order valence-electron chi connectivity index (χ2n) is 3.61. The molecule has 0 aliphatic rings. The van der Waals surface area contributed by atoms with E-state index in [1.165, 1.54) is 6.92 Å². The predicted octanol–water partition coefficient (Wildman–Crippen LogP) is -0.646. The van der Waals surface area contributed by atoms with E-state index in [1.54, 1.807) is 6.08 Å². The molecule has 6 heteroatoms. The molecule has 0 heterocycles. The number of rotatable bonds is 8. The van der Waals surface area contributed by atoms with Crippen LogP contribution in [0, 0.1) is 0 Å². The van der Waals surface area contributed by atoms with Crippen molar-refractivity contribution >= 4 is 11.9 Å². The maximum Gasteiger partial charge on any atom is 0.331 e. The summed E-state index contributed by atoms with van der Waals surface area (Å²) in [6, 6.07) is -1.09. The summed E-state index contributed by atoms with van der Waals surface area (Å²) >= 11 is 0. The monoisotopic (exact) mass is 245 g/mol. The molecule has 0 fully saturated rings. The van der Waals surface area contributed by atoms with Gasteiger partial charge in [0.1, 0.15) is 6.61 Å². The molecule has 0 aliphatic carbocycles. The van der Waals surface area contributed by atoms with Gasteiger partial charge in [0.25, 0.3) is 0 Å². The third-order valence-corrected chi connectivity index (χ3v) is 1.84. The van der Waals surface area contributed by atoms with Crippen LogP contribution in [-0.4, -0.2) is 47.4 Å². The summed E-state index contributed by atoms with van der Waals surface area (Å²) in [6.45, 7) is 4.22. The second kappa shape index (κ2) is 8.72. The molecule has 0 aliphatic heterocycles. The van der Waals surface area contributed by atoms with Crippen LogP contribution in [0.2, 0.25) is 0 Å². The van der Waals surface area contributed by atoms with Gasteiger partial charge >= 0.3 is 5.97 Å². The predicted molar refractivity (Wildman–Crippen MR) is 61.1 cm³/mol. The van der Waals surface area contributed by atoms with E-state index < -0.39 is 24.7 Å². The topological polar surface area (TPSA) is 95.9 Å². The van der Waals surface area contributed by atoms with Gasteiger partial charge in [0.05, 0.1) is 12.7 Å². The average molecular weight is 245 g/mol. The number of hydrogen-bond donors (Lipinski definition) is 3. The highest BCUT2D eigenvalue weighted by atomic mass is 16.5. The van der Waals surface area contributed by atoms with Crippen molar-refractivity contribution in [2.45, 2.75) is 31.9 Å². The summed E-state index contributed by atoms with van der Waals surface area (Å²) in [5.41, 5.74) is 0. The fourth-order valence-corrected chi connectivity index (χ4v) is 0.982. The van der Waals surface area contributed by atoms with Crippen LogP contribution in [0.3, 0.4) is 0 Å². The van der Waals surface area contributed by atoms with E-state index in [2.05, 4.69) is 16.6 Å². The lowest BCUT2D eigenvalue weighted by atomic mass is 10.2. The lowest BCUT2D eigenvalue weighted by Gasteiger charge is -2.15. The number of carbonyl (C=O) groups is 2. The molecule has 17 heavy (non-hydrogen) atoms. The van der Waals surface area contributed by atoms with E-state index in [-0.39, 0.29) is 18.9 Å². The summed E-state index contributed by atoms with van der Waals surface area (Å²) < 4.78 is 4.68. The first-order valence-corrected chi connectivity index (χ1v) is 5.37. The minimum absolute atomic E-state index is 0.169. The van der Waals surface area contributed by atoms with Crippen LogP contribution in [0.15, 0.2) is 12.7 Å². The molecule has 0 saturated carbocycles. The average Bonchev–Trinajstić information content (AvgIpc) is 2.30. The Labute approximate surface area is 100 Å². The molecule has 0 unspecified atom stereocenters. The summed E-state index contributed by atoms with van der Waals surface area (Å²) in [6.07, 6.45) is 1.49. The van der Waals surface area contributed by atoms with Crippen LogP contribution in [0.5, 0.6) is 0 Å². The van der Waals surface area contributed by atoms with Gasteiger partial charge in [-0.3, -0.25) is 4.79 Å². The first-order valence-electron chi connectivity index (χ1n) is 5.37. The molecular formula is C11H19NO5. The lowest BCUT2D eigenvalue weighted by Crippen LogP contribution is -2.44. The molecule has 3 N–H and O–H groups in total. The molecule has 0 aromatic carbocycles. The SMILES string of the molecule is C=CCCC(=O)N[C@@H](CO)C(=O)OC[C@@H](C)O. The van der Waals surface area contributed by atoms with E-state index in [0.29, 0.717) is 6.42 Å². The number of aliphatic hydroxyl groups is 2.